The lowest BCUT2D eigenvalue weighted by Crippen LogP contribution is -2.16. The van der Waals surface area contributed by atoms with Gasteiger partial charge in [0.25, 0.3) is 11.8 Å². The van der Waals surface area contributed by atoms with Crippen LogP contribution in [-0.2, 0) is 15.6 Å². The van der Waals surface area contributed by atoms with E-state index in [9.17, 15) is 9.59 Å². The highest BCUT2D eigenvalue weighted by atomic mass is 16.5. The fourth-order valence-corrected chi connectivity index (χ4v) is 4.55. The van der Waals surface area contributed by atoms with Gasteiger partial charge in [0, 0.05) is 11.1 Å². The van der Waals surface area contributed by atoms with Crippen molar-refractivity contribution in [1.82, 2.24) is 0 Å². The van der Waals surface area contributed by atoms with Crippen molar-refractivity contribution in [2.45, 2.75) is 52.4 Å². The second-order valence-corrected chi connectivity index (χ2v) is 12.9. The van der Waals surface area contributed by atoms with Gasteiger partial charge in [0.1, 0.15) is 24.7 Å². The number of benzene rings is 4. The predicted molar refractivity (Wildman–Crippen MR) is 181 cm³/mol. The molecule has 0 aliphatic carbocycles. The van der Waals surface area contributed by atoms with E-state index in [2.05, 4.69) is 52.2 Å². The molecular weight excluding hydrogens is 564 g/mol. The molecule has 0 bridgehead atoms. The van der Waals surface area contributed by atoms with Gasteiger partial charge < -0.3 is 24.8 Å². The third kappa shape index (κ3) is 9.68. The SMILES string of the molecule is CC(C)(C)c1ccc(C(=O)Nc2ccccc2OCCOCCOc2ccccc2NC(=O)c2ccc(C(C)(C)C)cc2)cc1. The highest BCUT2D eigenvalue weighted by Crippen LogP contribution is 2.27. The molecule has 7 heteroatoms. The maximum absolute atomic E-state index is 12.9. The highest BCUT2D eigenvalue weighted by Gasteiger charge is 2.17. The zero-order valence-corrected chi connectivity index (χ0v) is 27.1. The molecule has 7 nitrogen and oxygen atoms in total. The number of hydrogen-bond acceptors (Lipinski definition) is 5. The molecule has 0 aliphatic heterocycles. The van der Waals surface area contributed by atoms with E-state index in [1.165, 1.54) is 11.1 Å². The van der Waals surface area contributed by atoms with Crippen LogP contribution in [0.5, 0.6) is 11.5 Å². The molecule has 2 N–H and O–H groups in total. The summed E-state index contributed by atoms with van der Waals surface area (Å²) in [6.45, 7) is 14.1. The summed E-state index contributed by atoms with van der Waals surface area (Å²) in [5.74, 6) is 0.731. The standard InChI is InChI=1S/C38H44N2O5/c1-37(2,3)29-19-15-27(16-20-29)35(41)39-31-11-7-9-13-33(31)44-25-23-43-24-26-45-34-14-10-8-12-32(34)40-36(42)28-17-21-30(22-18-28)38(4,5)6/h7-22H,23-26H2,1-6H3,(H,39,41)(H,40,42). The normalized spacial score (nSPS) is 11.5. The molecule has 2 amide bonds. The number of carbonyl (C=O) groups is 2. The highest BCUT2D eigenvalue weighted by molar-refractivity contribution is 6.05. The molecule has 4 aromatic carbocycles. The molecule has 4 aromatic rings. The summed E-state index contributed by atoms with van der Waals surface area (Å²) >= 11 is 0. The smallest absolute Gasteiger partial charge is 0.255 e. The van der Waals surface area contributed by atoms with Crippen molar-refractivity contribution in [1.29, 1.82) is 0 Å². The van der Waals surface area contributed by atoms with Gasteiger partial charge in [-0.2, -0.15) is 0 Å². The van der Waals surface area contributed by atoms with Gasteiger partial charge in [-0.25, -0.2) is 0 Å². The Labute approximate surface area is 266 Å². The van der Waals surface area contributed by atoms with Gasteiger partial charge >= 0.3 is 0 Å². The lowest BCUT2D eigenvalue weighted by atomic mass is 9.86. The van der Waals surface area contributed by atoms with Crippen LogP contribution in [0.2, 0.25) is 0 Å². The summed E-state index contributed by atoms with van der Waals surface area (Å²) < 4.78 is 17.5. The maximum Gasteiger partial charge on any atom is 0.255 e. The van der Waals surface area contributed by atoms with E-state index in [1.54, 1.807) is 0 Å². The summed E-state index contributed by atoms with van der Waals surface area (Å²) in [5.41, 5.74) is 4.72. The first-order valence-electron chi connectivity index (χ1n) is 15.3. The minimum Gasteiger partial charge on any atom is -0.489 e. The Morgan fingerprint density at radius 2 is 0.867 bits per heavy atom. The molecule has 0 heterocycles. The summed E-state index contributed by atoms with van der Waals surface area (Å²) in [5, 5.41) is 5.89. The Kier molecular flexibility index (Phi) is 11.0. The topological polar surface area (TPSA) is 85.9 Å². The first-order valence-corrected chi connectivity index (χ1v) is 15.3. The number of anilines is 2. The van der Waals surface area contributed by atoms with Crippen molar-refractivity contribution in [3.63, 3.8) is 0 Å². The fourth-order valence-electron chi connectivity index (χ4n) is 4.55. The summed E-state index contributed by atoms with van der Waals surface area (Å²) in [6, 6.07) is 30.0. The molecule has 0 saturated carbocycles. The van der Waals surface area contributed by atoms with Gasteiger partial charge in [0.15, 0.2) is 0 Å². The lowest BCUT2D eigenvalue weighted by molar-refractivity contribution is 0.0767. The molecule has 4 rings (SSSR count). The van der Waals surface area contributed by atoms with Crippen LogP contribution < -0.4 is 20.1 Å². The Morgan fingerprint density at radius 3 is 1.22 bits per heavy atom. The molecule has 0 fully saturated rings. The second kappa shape index (κ2) is 14.9. The van der Waals surface area contributed by atoms with Crippen molar-refractivity contribution < 1.29 is 23.8 Å². The van der Waals surface area contributed by atoms with E-state index in [4.69, 9.17) is 14.2 Å². The van der Waals surface area contributed by atoms with Gasteiger partial charge in [-0.05, 0) is 70.5 Å². The Morgan fingerprint density at radius 1 is 0.511 bits per heavy atom. The average Bonchev–Trinajstić information content (AvgIpc) is 3.01. The minimum atomic E-state index is -0.199. The molecule has 236 valence electrons. The van der Waals surface area contributed by atoms with Crippen molar-refractivity contribution in [2.24, 2.45) is 0 Å². The molecule has 0 saturated heterocycles. The number of ether oxygens (including phenoxy) is 3. The van der Waals surface area contributed by atoms with E-state index in [0.717, 1.165) is 0 Å². The Hall–Kier alpha value is -4.62. The maximum atomic E-state index is 12.9. The molecule has 0 atom stereocenters. The van der Waals surface area contributed by atoms with Gasteiger partial charge in [-0.3, -0.25) is 9.59 Å². The zero-order valence-electron chi connectivity index (χ0n) is 27.1. The number of nitrogens with one attached hydrogen (secondary N) is 2. The van der Waals surface area contributed by atoms with Crippen molar-refractivity contribution in [2.75, 3.05) is 37.1 Å². The van der Waals surface area contributed by atoms with E-state index < -0.39 is 0 Å². The molecule has 0 spiro atoms. The van der Waals surface area contributed by atoms with Crippen LogP contribution in [0.4, 0.5) is 11.4 Å². The molecule has 0 radical (unpaired) electrons. The lowest BCUT2D eigenvalue weighted by Gasteiger charge is -2.19. The van der Waals surface area contributed by atoms with Crippen molar-refractivity contribution in [3.8, 4) is 11.5 Å². The van der Waals surface area contributed by atoms with Crippen molar-refractivity contribution in [3.05, 3.63) is 119 Å². The van der Waals surface area contributed by atoms with Gasteiger partial charge in [-0.15, -0.1) is 0 Å². The Bertz CT molecular complexity index is 1450. The van der Waals surface area contributed by atoms with E-state index in [-0.39, 0.29) is 22.6 Å². The van der Waals surface area contributed by atoms with E-state index >= 15 is 0 Å². The van der Waals surface area contributed by atoms with Crippen LogP contribution in [-0.4, -0.2) is 38.2 Å². The van der Waals surface area contributed by atoms with E-state index in [1.807, 2.05) is 97.1 Å². The molecule has 45 heavy (non-hydrogen) atoms. The fraction of sp³-hybridized carbons (Fsp3) is 0.316. The number of rotatable bonds is 12. The Balaban J connectivity index is 1.21. The quantitative estimate of drug-likeness (QED) is 0.158. The summed E-state index contributed by atoms with van der Waals surface area (Å²) in [6.07, 6.45) is 0. The minimum absolute atomic E-state index is 0.0194. The summed E-state index contributed by atoms with van der Waals surface area (Å²) in [7, 11) is 0. The zero-order chi connectivity index (χ0) is 32.5. The van der Waals surface area contributed by atoms with Crippen LogP contribution in [0.3, 0.4) is 0 Å². The molecule has 0 aliphatic rings. The third-order valence-corrected chi connectivity index (χ3v) is 7.27. The van der Waals surface area contributed by atoms with Crippen LogP contribution in [0.15, 0.2) is 97.1 Å². The van der Waals surface area contributed by atoms with Crippen LogP contribution in [0.1, 0.15) is 73.4 Å². The van der Waals surface area contributed by atoms with Crippen LogP contribution >= 0.6 is 0 Å². The number of carbonyl (C=O) groups excluding carboxylic acids is 2. The van der Waals surface area contributed by atoms with Gasteiger partial charge in [0.2, 0.25) is 0 Å². The number of amides is 2. The molecule has 0 aromatic heterocycles. The van der Waals surface area contributed by atoms with Gasteiger partial charge in [0.05, 0.1) is 24.6 Å². The van der Waals surface area contributed by atoms with E-state index in [0.29, 0.717) is 60.4 Å². The van der Waals surface area contributed by atoms with Crippen molar-refractivity contribution >= 4 is 23.2 Å². The monoisotopic (exact) mass is 608 g/mol. The molecular formula is C38H44N2O5. The third-order valence-electron chi connectivity index (χ3n) is 7.27. The second-order valence-electron chi connectivity index (χ2n) is 12.9. The first-order chi connectivity index (χ1) is 21.4. The number of para-hydroxylation sites is 4. The number of hydrogen-bond donors (Lipinski definition) is 2. The summed E-state index contributed by atoms with van der Waals surface area (Å²) in [4.78, 5) is 25.7. The van der Waals surface area contributed by atoms with Crippen LogP contribution in [0, 0.1) is 0 Å². The predicted octanol–water partition coefficient (Wildman–Crippen LogP) is 8.26. The molecule has 0 unspecified atom stereocenters. The van der Waals surface area contributed by atoms with Crippen LogP contribution in [0.25, 0.3) is 0 Å². The van der Waals surface area contributed by atoms with Gasteiger partial charge in [-0.1, -0.05) is 90.1 Å². The average molecular weight is 609 g/mol. The first kappa shape index (κ1) is 33.3. The largest absolute Gasteiger partial charge is 0.489 e.